The van der Waals surface area contributed by atoms with E-state index < -0.39 is 5.97 Å². The maximum Gasteiger partial charge on any atom is 0.328 e. The highest BCUT2D eigenvalue weighted by Crippen LogP contribution is 2.10. The Bertz CT molecular complexity index is 511. The lowest BCUT2D eigenvalue weighted by atomic mass is 10.2. The van der Waals surface area contributed by atoms with Crippen molar-refractivity contribution >= 4 is 17.8 Å². The number of carbonyl (C=O) groups is 2. The first-order valence-corrected chi connectivity index (χ1v) is 5.67. The number of unbranched alkanes of at least 4 members (excludes halogenated alkanes) is 2. The highest BCUT2D eigenvalue weighted by atomic mass is 16.4. The molecule has 0 spiro atoms. The Morgan fingerprint density at radius 1 is 1.44 bits per heavy atom. The third-order valence-corrected chi connectivity index (χ3v) is 2.10. The molecule has 1 N–H and O–H groups in total. The first kappa shape index (κ1) is 13.8. The average Bonchev–Trinajstić information content (AvgIpc) is 2.80. The van der Waals surface area contributed by atoms with Gasteiger partial charge in [-0.05, 0) is 30.6 Å². The van der Waals surface area contributed by atoms with Gasteiger partial charge in [-0.15, -0.1) is 0 Å². The van der Waals surface area contributed by atoms with Gasteiger partial charge in [0.15, 0.2) is 5.76 Å². The molecule has 0 saturated carbocycles. The third-order valence-electron chi connectivity index (χ3n) is 2.10. The van der Waals surface area contributed by atoms with E-state index in [0.717, 1.165) is 18.9 Å². The number of Topliss-reactive ketones (excluding diaryl/α,β-unsaturated/α-hetero) is 1. The van der Waals surface area contributed by atoms with Crippen LogP contribution in [0.3, 0.4) is 0 Å². The van der Waals surface area contributed by atoms with Gasteiger partial charge in [0.2, 0.25) is 0 Å². The molecular weight excluding hydrogens is 232 g/mol. The van der Waals surface area contributed by atoms with Crippen LogP contribution in [0.15, 0.2) is 22.6 Å². The Morgan fingerprint density at radius 2 is 2.22 bits per heavy atom. The van der Waals surface area contributed by atoms with E-state index in [4.69, 9.17) is 9.52 Å². The van der Waals surface area contributed by atoms with Crippen molar-refractivity contribution < 1.29 is 19.1 Å². The van der Waals surface area contributed by atoms with E-state index in [2.05, 4.69) is 18.8 Å². The second-order valence-electron chi connectivity index (χ2n) is 3.61. The van der Waals surface area contributed by atoms with E-state index in [-0.39, 0.29) is 11.5 Å². The summed E-state index contributed by atoms with van der Waals surface area (Å²) in [4.78, 5) is 21.8. The predicted octanol–water partition coefficient (Wildman–Crippen LogP) is 2.75. The van der Waals surface area contributed by atoms with Gasteiger partial charge in [-0.2, -0.15) is 0 Å². The van der Waals surface area contributed by atoms with Gasteiger partial charge in [0.25, 0.3) is 5.78 Å². The minimum atomic E-state index is -1.07. The van der Waals surface area contributed by atoms with Gasteiger partial charge in [0, 0.05) is 12.5 Å². The summed E-state index contributed by atoms with van der Waals surface area (Å²) in [6.07, 6.45) is 4.91. The monoisotopic (exact) mass is 246 g/mol. The molecule has 0 unspecified atom stereocenters. The fourth-order valence-corrected chi connectivity index (χ4v) is 1.19. The zero-order valence-corrected chi connectivity index (χ0v) is 10.1. The summed E-state index contributed by atoms with van der Waals surface area (Å²) in [7, 11) is 0. The number of aliphatic carboxylic acids is 1. The molecule has 1 heterocycles. The maximum atomic E-state index is 11.6. The molecule has 0 amide bonds. The van der Waals surface area contributed by atoms with E-state index in [1.165, 1.54) is 18.2 Å². The van der Waals surface area contributed by atoms with Crippen molar-refractivity contribution in [3.8, 4) is 11.8 Å². The summed E-state index contributed by atoms with van der Waals surface area (Å²) >= 11 is 0. The lowest BCUT2D eigenvalue weighted by Crippen LogP contribution is -1.91. The second-order valence-corrected chi connectivity index (χ2v) is 3.61. The predicted molar refractivity (Wildman–Crippen MR) is 67.0 cm³/mol. The Morgan fingerprint density at radius 3 is 2.89 bits per heavy atom. The number of hydrogen-bond acceptors (Lipinski definition) is 3. The van der Waals surface area contributed by atoms with Crippen LogP contribution in [0.5, 0.6) is 0 Å². The lowest BCUT2D eigenvalue weighted by molar-refractivity contribution is -0.131. The first-order chi connectivity index (χ1) is 8.63. The van der Waals surface area contributed by atoms with Crippen molar-refractivity contribution in [2.45, 2.75) is 26.2 Å². The fraction of sp³-hybridized carbons (Fsp3) is 0.286. The van der Waals surface area contributed by atoms with E-state index in [1.807, 2.05) is 0 Å². The highest BCUT2D eigenvalue weighted by molar-refractivity contribution is 6.07. The van der Waals surface area contributed by atoms with E-state index >= 15 is 0 Å². The standard InChI is InChI=1S/C14H14O4/c1-2-3-4-5-6-12(15)13-9-7-11(18-13)8-10-14(16)17/h7-10H,2-4H2,1H3,(H,16,17). The SMILES string of the molecule is CCCCC#CC(=O)c1ccc(C=CC(=O)O)o1. The number of carboxylic acid groups (broad SMARTS) is 1. The summed E-state index contributed by atoms with van der Waals surface area (Å²) in [6, 6.07) is 3.01. The largest absolute Gasteiger partial charge is 0.478 e. The van der Waals surface area contributed by atoms with Crippen LogP contribution in [0.25, 0.3) is 6.08 Å². The van der Waals surface area contributed by atoms with Gasteiger partial charge in [0.1, 0.15) is 5.76 Å². The van der Waals surface area contributed by atoms with Crippen LogP contribution in [0.2, 0.25) is 0 Å². The van der Waals surface area contributed by atoms with Gasteiger partial charge < -0.3 is 9.52 Å². The zero-order valence-electron chi connectivity index (χ0n) is 10.1. The van der Waals surface area contributed by atoms with Gasteiger partial charge >= 0.3 is 5.97 Å². The quantitative estimate of drug-likeness (QED) is 0.285. The molecule has 0 aliphatic heterocycles. The number of carboxylic acids is 1. The van der Waals surface area contributed by atoms with Crippen LogP contribution in [-0.4, -0.2) is 16.9 Å². The van der Waals surface area contributed by atoms with Crippen LogP contribution in [-0.2, 0) is 4.79 Å². The Kier molecular flexibility index (Phi) is 5.46. The molecule has 0 fully saturated rings. The van der Waals surface area contributed by atoms with Crippen molar-refractivity contribution in [3.63, 3.8) is 0 Å². The molecule has 4 heteroatoms. The van der Waals surface area contributed by atoms with Crippen LogP contribution in [0, 0.1) is 11.8 Å². The molecule has 0 radical (unpaired) electrons. The van der Waals surface area contributed by atoms with Crippen molar-refractivity contribution in [2.75, 3.05) is 0 Å². The molecule has 1 rings (SSSR count). The summed E-state index contributed by atoms with van der Waals surface area (Å²) in [5.74, 6) is 4.25. The normalized spacial score (nSPS) is 10.1. The lowest BCUT2D eigenvalue weighted by Gasteiger charge is -1.87. The Hall–Kier alpha value is -2.28. The van der Waals surface area contributed by atoms with E-state index in [1.54, 1.807) is 0 Å². The van der Waals surface area contributed by atoms with Gasteiger partial charge in [-0.1, -0.05) is 19.3 Å². The minimum Gasteiger partial charge on any atom is -0.478 e. The molecule has 4 nitrogen and oxygen atoms in total. The molecule has 0 aromatic carbocycles. The zero-order chi connectivity index (χ0) is 13.4. The molecule has 0 saturated heterocycles. The number of ketones is 1. The summed E-state index contributed by atoms with van der Waals surface area (Å²) in [5, 5.41) is 8.44. The molecular formula is C14H14O4. The summed E-state index contributed by atoms with van der Waals surface area (Å²) < 4.78 is 5.15. The molecule has 1 aromatic heterocycles. The minimum absolute atomic E-state index is 0.129. The van der Waals surface area contributed by atoms with Crippen molar-refractivity contribution in [2.24, 2.45) is 0 Å². The third kappa shape index (κ3) is 4.71. The van der Waals surface area contributed by atoms with Gasteiger partial charge in [0.05, 0.1) is 0 Å². The Balaban J connectivity index is 2.64. The van der Waals surface area contributed by atoms with Crippen LogP contribution in [0.1, 0.15) is 42.5 Å². The molecule has 0 aliphatic carbocycles. The molecule has 94 valence electrons. The van der Waals surface area contributed by atoms with Crippen molar-refractivity contribution in [1.82, 2.24) is 0 Å². The second kappa shape index (κ2) is 7.13. The number of rotatable bonds is 5. The molecule has 18 heavy (non-hydrogen) atoms. The average molecular weight is 246 g/mol. The van der Waals surface area contributed by atoms with E-state index in [0.29, 0.717) is 12.2 Å². The maximum absolute atomic E-state index is 11.6. The molecule has 0 aliphatic rings. The first-order valence-electron chi connectivity index (χ1n) is 5.67. The highest BCUT2D eigenvalue weighted by Gasteiger charge is 2.07. The molecule has 0 atom stereocenters. The Labute approximate surface area is 105 Å². The van der Waals surface area contributed by atoms with Crippen LogP contribution in [0.4, 0.5) is 0 Å². The number of furan rings is 1. The number of hydrogen-bond donors (Lipinski definition) is 1. The number of carbonyl (C=O) groups excluding carboxylic acids is 1. The van der Waals surface area contributed by atoms with Gasteiger partial charge in [-0.3, -0.25) is 4.79 Å². The van der Waals surface area contributed by atoms with Crippen LogP contribution >= 0.6 is 0 Å². The summed E-state index contributed by atoms with van der Waals surface area (Å²) in [6.45, 7) is 2.05. The van der Waals surface area contributed by atoms with E-state index in [9.17, 15) is 9.59 Å². The topological polar surface area (TPSA) is 67.5 Å². The molecule has 1 aromatic rings. The van der Waals surface area contributed by atoms with Gasteiger partial charge in [-0.25, -0.2) is 4.79 Å². The molecule has 0 bridgehead atoms. The van der Waals surface area contributed by atoms with Crippen molar-refractivity contribution in [1.29, 1.82) is 0 Å². The smallest absolute Gasteiger partial charge is 0.328 e. The van der Waals surface area contributed by atoms with Crippen LogP contribution < -0.4 is 0 Å². The van der Waals surface area contributed by atoms with Crippen molar-refractivity contribution in [3.05, 3.63) is 29.7 Å². The summed E-state index contributed by atoms with van der Waals surface area (Å²) in [5.41, 5.74) is 0. The fourth-order valence-electron chi connectivity index (χ4n) is 1.19.